The summed E-state index contributed by atoms with van der Waals surface area (Å²) in [6.07, 6.45) is 0. The summed E-state index contributed by atoms with van der Waals surface area (Å²) in [4.78, 5) is 22.9. The minimum absolute atomic E-state index is 0.0662. The zero-order valence-corrected chi connectivity index (χ0v) is 17.7. The van der Waals surface area contributed by atoms with Crippen molar-refractivity contribution in [2.45, 2.75) is 6.54 Å². The van der Waals surface area contributed by atoms with Gasteiger partial charge in [0.25, 0.3) is 5.56 Å². The number of ether oxygens (including phenoxy) is 1. The molecular weight excluding hydrogens is 406 g/mol. The van der Waals surface area contributed by atoms with E-state index in [1.54, 1.807) is 23.0 Å². The van der Waals surface area contributed by atoms with Gasteiger partial charge in [0.05, 0.1) is 30.3 Å². The lowest BCUT2D eigenvalue weighted by Crippen LogP contribution is -2.24. The van der Waals surface area contributed by atoms with Crippen molar-refractivity contribution in [3.05, 3.63) is 100 Å². The maximum atomic E-state index is 13.4. The summed E-state index contributed by atoms with van der Waals surface area (Å²) in [7, 11) is 1.65. The second-order valence-electron chi connectivity index (χ2n) is 7.08. The van der Waals surface area contributed by atoms with E-state index in [-0.39, 0.29) is 5.56 Å². The van der Waals surface area contributed by atoms with Gasteiger partial charge in [-0.25, -0.2) is 9.97 Å². The van der Waals surface area contributed by atoms with Gasteiger partial charge >= 0.3 is 0 Å². The van der Waals surface area contributed by atoms with Crippen LogP contribution in [0.5, 0.6) is 5.75 Å². The molecule has 0 bridgehead atoms. The highest BCUT2D eigenvalue weighted by atomic mass is 32.1. The first-order chi connectivity index (χ1) is 15.2. The topological polar surface area (TPSA) is 57.0 Å². The third-order valence-electron chi connectivity index (χ3n) is 5.10. The van der Waals surface area contributed by atoms with Gasteiger partial charge in [0.1, 0.15) is 16.6 Å². The Bertz CT molecular complexity index is 1410. The number of para-hydroxylation sites is 1. The molecule has 0 unspecified atom stereocenters. The van der Waals surface area contributed by atoms with E-state index in [1.165, 1.54) is 0 Å². The molecular formula is C25H19N3O2S. The second-order valence-corrected chi connectivity index (χ2v) is 7.94. The van der Waals surface area contributed by atoms with Crippen LogP contribution in [-0.4, -0.2) is 21.6 Å². The highest BCUT2D eigenvalue weighted by molar-refractivity contribution is 7.13. The number of nitrogens with zero attached hydrogens (tertiary/aromatic N) is 3. The van der Waals surface area contributed by atoms with Crippen molar-refractivity contribution in [1.82, 2.24) is 14.5 Å². The van der Waals surface area contributed by atoms with E-state index in [9.17, 15) is 4.79 Å². The van der Waals surface area contributed by atoms with Crippen LogP contribution in [0.1, 0.15) is 5.69 Å². The van der Waals surface area contributed by atoms with Crippen LogP contribution in [0.3, 0.4) is 0 Å². The van der Waals surface area contributed by atoms with E-state index < -0.39 is 0 Å². The lowest BCUT2D eigenvalue weighted by Gasteiger charge is -2.13. The Morgan fingerprint density at radius 2 is 1.61 bits per heavy atom. The molecule has 0 radical (unpaired) electrons. The van der Waals surface area contributed by atoms with Crippen LogP contribution in [0.2, 0.25) is 0 Å². The van der Waals surface area contributed by atoms with Crippen LogP contribution in [0, 0.1) is 0 Å². The van der Waals surface area contributed by atoms with E-state index >= 15 is 0 Å². The molecule has 0 N–H and O–H groups in total. The fourth-order valence-corrected chi connectivity index (χ4v) is 4.35. The van der Waals surface area contributed by atoms with Gasteiger partial charge in [0, 0.05) is 16.5 Å². The van der Waals surface area contributed by atoms with Gasteiger partial charge in [0.2, 0.25) is 0 Å². The maximum Gasteiger partial charge on any atom is 0.262 e. The predicted molar refractivity (Wildman–Crippen MR) is 125 cm³/mol. The number of aromatic nitrogens is 3. The molecule has 6 heteroatoms. The molecule has 0 spiro atoms. The number of hydrogen-bond donors (Lipinski definition) is 0. The summed E-state index contributed by atoms with van der Waals surface area (Å²) in [5.41, 5.74) is 3.37. The summed E-state index contributed by atoms with van der Waals surface area (Å²) in [6.45, 7) is 0.355. The molecule has 0 fully saturated rings. The molecule has 0 atom stereocenters. The van der Waals surface area contributed by atoms with Crippen LogP contribution in [-0.2, 0) is 6.54 Å². The van der Waals surface area contributed by atoms with E-state index in [0.29, 0.717) is 23.3 Å². The normalized spacial score (nSPS) is 11.0. The molecule has 2 aromatic heterocycles. The van der Waals surface area contributed by atoms with Crippen LogP contribution in [0.15, 0.2) is 89.0 Å². The molecule has 152 valence electrons. The van der Waals surface area contributed by atoms with Crippen LogP contribution in [0.25, 0.3) is 32.9 Å². The van der Waals surface area contributed by atoms with E-state index in [1.807, 2.05) is 84.2 Å². The molecule has 0 aliphatic rings. The standard InChI is InChI=1S/C25H19N3O2S/c1-30-20-13-11-18(12-14-20)24-26-19(16-31-24)15-28-23(17-7-3-2-4-8-17)27-22-10-6-5-9-21(22)25(28)29/h2-14,16H,15H2,1H3. The highest BCUT2D eigenvalue weighted by Crippen LogP contribution is 2.27. The average Bonchev–Trinajstić information content (AvgIpc) is 3.30. The van der Waals surface area contributed by atoms with Crippen molar-refractivity contribution in [2.24, 2.45) is 0 Å². The first kappa shape index (κ1) is 19.2. The summed E-state index contributed by atoms with van der Waals surface area (Å²) >= 11 is 1.56. The zero-order chi connectivity index (χ0) is 21.2. The van der Waals surface area contributed by atoms with Crippen LogP contribution >= 0.6 is 11.3 Å². The van der Waals surface area contributed by atoms with E-state index in [2.05, 4.69) is 0 Å². The lowest BCUT2D eigenvalue weighted by molar-refractivity contribution is 0.415. The average molecular weight is 426 g/mol. The molecule has 5 nitrogen and oxygen atoms in total. The largest absolute Gasteiger partial charge is 0.497 e. The quantitative estimate of drug-likeness (QED) is 0.386. The fourth-order valence-electron chi connectivity index (χ4n) is 3.53. The third-order valence-corrected chi connectivity index (χ3v) is 6.04. The second kappa shape index (κ2) is 8.16. The molecule has 2 heterocycles. The molecule has 0 aliphatic carbocycles. The number of fused-ring (bicyclic) bond motifs is 1. The van der Waals surface area contributed by atoms with Crippen molar-refractivity contribution in [2.75, 3.05) is 7.11 Å². The van der Waals surface area contributed by atoms with Crippen LogP contribution < -0.4 is 10.3 Å². The van der Waals surface area contributed by atoms with Gasteiger partial charge in [-0.05, 0) is 36.4 Å². The van der Waals surface area contributed by atoms with Crippen molar-refractivity contribution in [3.8, 4) is 27.7 Å². The van der Waals surface area contributed by atoms with Gasteiger partial charge in [-0.2, -0.15) is 0 Å². The Kier molecular flexibility index (Phi) is 5.06. The minimum atomic E-state index is -0.0662. The molecule has 31 heavy (non-hydrogen) atoms. The van der Waals surface area contributed by atoms with E-state index in [4.69, 9.17) is 14.7 Å². The van der Waals surface area contributed by atoms with Gasteiger partial charge in [0.15, 0.2) is 0 Å². The zero-order valence-electron chi connectivity index (χ0n) is 16.9. The van der Waals surface area contributed by atoms with Gasteiger partial charge < -0.3 is 4.74 Å². The molecule has 0 saturated carbocycles. The van der Waals surface area contributed by atoms with Gasteiger partial charge in [-0.3, -0.25) is 9.36 Å². The Balaban J connectivity index is 1.58. The third kappa shape index (κ3) is 3.73. The monoisotopic (exact) mass is 425 g/mol. The Morgan fingerprint density at radius 3 is 2.39 bits per heavy atom. The fraction of sp³-hybridized carbons (Fsp3) is 0.0800. The van der Waals surface area contributed by atoms with Crippen molar-refractivity contribution in [1.29, 1.82) is 0 Å². The molecule has 0 amide bonds. The Morgan fingerprint density at radius 1 is 0.871 bits per heavy atom. The molecule has 0 saturated heterocycles. The maximum absolute atomic E-state index is 13.4. The number of rotatable bonds is 5. The summed E-state index contributed by atoms with van der Waals surface area (Å²) < 4.78 is 6.94. The lowest BCUT2D eigenvalue weighted by atomic mass is 10.1. The smallest absolute Gasteiger partial charge is 0.262 e. The predicted octanol–water partition coefficient (Wildman–Crippen LogP) is 5.24. The van der Waals surface area contributed by atoms with Crippen molar-refractivity contribution in [3.63, 3.8) is 0 Å². The minimum Gasteiger partial charge on any atom is -0.497 e. The summed E-state index contributed by atoms with van der Waals surface area (Å²) in [5, 5.41) is 3.50. The van der Waals surface area contributed by atoms with Crippen LogP contribution in [0.4, 0.5) is 0 Å². The summed E-state index contributed by atoms with van der Waals surface area (Å²) in [6, 6.07) is 25.1. The van der Waals surface area contributed by atoms with Crippen molar-refractivity contribution >= 4 is 22.2 Å². The number of benzene rings is 3. The highest BCUT2D eigenvalue weighted by Gasteiger charge is 2.14. The van der Waals surface area contributed by atoms with E-state index in [0.717, 1.165) is 27.6 Å². The summed E-state index contributed by atoms with van der Waals surface area (Å²) in [5.74, 6) is 1.45. The molecule has 5 rings (SSSR count). The Labute approximate surface area is 183 Å². The first-order valence-electron chi connectivity index (χ1n) is 9.87. The van der Waals surface area contributed by atoms with Gasteiger partial charge in [-0.1, -0.05) is 42.5 Å². The SMILES string of the molecule is COc1ccc(-c2nc(Cn3c(-c4ccccc4)nc4ccccc4c3=O)cs2)cc1. The number of thiazole rings is 1. The molecule has 0 aliphatic heterocycles. The molecule has 5 aromatic rings. The molecule has 3 aromatic carbocycles. The number of methoxy groups -OCH3 is 1. The van der Waals surface area contributed by atoms with Crippen molar-refractivity contribution < 1.29 is 4.74 Å². The van der Waals surface area contributed by atoms with Gasteiger partial charge in [-0.15, -0.1) is 11.3 Å². The number of hydrogen-bond acceptors (Lipinski definition) is 5. The Hall–Kier alpha value is -3.77. The first-order valence-corrected chi connectivity index (χ1v) is 10.7.